The van der Waals surface area contributed by atoms with Crippen molar-refractivity contribution >= 4 is 18.1 Å². The Balaban J connectivity index is 1.68. The first kappa shape index (κ1) is 23.5. The highest BCUT2D eigenvalue weighted by molar-refractivity contribution is 5.84. The number of carbonyl (C=O) groups is 3. The zero-order chi connectivity index (χ0) is 22.0. The van der Waals surface area contributed by atoms with Crippen LogP contribution in [-0.2, 0) is 20.9 Å². The topological polar surface area (TPSA) is 106 Å². The van der Waals surface area contributed by atoms with Gasteiger partial charge in [0.15, 0.2) is 0 Å². The summed E-state index contributed by atoms with van der Waals surface area (Å²) in [4.78, 5) is 36.2. The zero-order valence-corrected chi connectivity index (χ0v) is 18.0. The summed E-state index contributed by atoms with van der Waals surface area (Å²) in [5.41, 5.74) is 0.289. The Labute approximate surface area is 178 Å². The third-order valence-electron chi connectivity index (χ3n) is 4.31. The van der Waals surface area contributed by atoms with E-state index in [4.69, 9.17) is 9.47 Å². The summed E-state index contributed by atoms with van der Waals surface area (Å²) in [6.45, 7) is 6.00. The molecule has 3 amide bonds. The molecule has 3 N–H and O–H groups in total. The number of benzene rings is 1. The lowest BCUT2D eigenvalue weighted by molar-refractivity contribution is -0.157. The Bertz CT molecular complexity index is 698. The minimum Gasteiger partial charge on any atom is -0.458 e. The Morgan fingerprint density at radius 3 is 2.43 bits per heavy atom. The summed E-state index contributed by atoms with van der Waals surface area (Å²) in [6, 6.07) is 8.57. The second-order valence-electron chi connectivity index (χ2n) is 8.46. The predicted molar refractivity (Wildman–Crippen MR) is 113 cm³/mol. The van der Waals surface area contributed by atoms with Crippen molar-refractivity contribution in [1.82, 2.24) is 16.0 Å². The van der Waals surface area contributed by atoms with E-state index in [1.165, 1.54) is 0 Å². The maximum atomic E-state index is 12.4. The lowest BCUT2D eigenvalue weighted by Gasteiger charge is -2.24. The third kappa shape index (κ3) is 10.1. The molecule has 8 heteroatoms. The molecular formula is C22H33N3O5. The van der Waals surface area contributed by atoms with Gasteiger partial charge in [0.2, 0.25) is 0 Å². The second kappa shape index (κ2) is 11.4. The normalized spacial score (nSPS) is 14.4. The maximum absolute atomic E-state index is 12.4. The minimum absolute atomic E-state index is 0.204. The quantitative estimate of drug-likeness (QED) is 0.399. The number of rotatable bonds is 10. The summed E-state index contributed by atoms with van der Waals surface area (Å²) in [7, 11) is 0. The first-order valence-corrected chi connectivity index (χ1v) is 10.5. The van der Waals surface area contributed by atoms with E-state index in [1.807, 2.05) is 30.3 Å². The molecule has 0 aliphatic heterocycles. The minimum atomic E-state index is -0.729. The molecule has 0 bridgehead atoms. The molecule has 1 atom stereocenters. The number of hydrogen-bond donors (Lipinski definition) is 3. The van der Waals surface area contributed by atoms with Gasteiger partial charge >= 0.3 is 18.1 Å². The van der Waals surface area contributed by atoms with Crippen LogP contribution in [0.15, 0.2) is 30.3 Å². The molecule has 0 spiro atoms. The fraction of sp³-hybridized carbons (Fsp3) is 0.591. The summed E-state index contributed by atoms with van der Waals surface area (Å²) >= 11 is 0. The lowest BCUT2D eigenvalue weighted by Crippen LogP contribution is -2.48. The molecule has 0 radical (unpaired) electrons. The van der Waals surface area contributed by atoms with Crippen LogP contribution < -0.4 is 16.0 Å². The molecule has 166 valence electrons. The maximum Gasteiger partial charge on any atom is 0.407 e. The molecule has 8 nitrogen and oxygen atoms in total. The number of amides is 3. The van der Waals surface area contributed by atoms with Crippen LogP contribution in [0.1, 0.15) is 58.4 Å². The van der Waals surface area contributed by atoms with Crippen molar-refractivity contribution in [3.63, 3.8) is 0 Å². The van der Waals surface area contributed by atoms with E-state index in [0.29, 0.717) is 25.8 Å². The molecule has 0 unspecified atom stereocenters. The highest BCUT2D eigenvalue weighted by Crippen LogP contribution is 2.18. The van der Waals surface area contributed by atoms with Crippen molar-refractivity contribution in [2.24, 2.45) is 0 Å². The van der Waals surface area contributed by atoms with Gasteiger partial charge in [0.1, 0.15) is 18.2 Å². The monoisotopic (exact) mass is 419 g/mol. The molecule has 1 aromatic rings. The first-order chi connectivity index (χ1) is 14.2. The van der Waals surface area contributed by atoms with Crippen LogP contribution in [0.4, 0.5) is 9.59 Å². The Morgan fingerprint density at radius 2 is 1.80 bits per heavy atom. The van der Waals surface area contributed by atoms with E-state index in [2.05, 4.69) is 16.0 Å². The van der Waals surface area contributed by atoms with Gasteiger partial charge in [0.25, 0.3) is 0 Å². The SMILES string of the molecule is CC(C)(C)OC(=O)[C@H](CCCCNC(=O)OCc1ccccc1)NC(=O)NC1CC1. The van der Waals surface area contributed by atoms with E-state index in [0.717, 1.165) is 18.4 Å². The number of nitrogens with one attached hydrogen (secondary N) is 3. The number of urea groups is 1. The molecular weight excluding hydrogens is 386 g/mol. The van der Waals surface area contributed by atoms with Crippen molar-refractivity contribution < 1.29 is 23.9 Å². The van der Waals surface area contributed by atoms with E-state index < -0.39 is 23.7 Å². The van der Waals surface area contributed by atoms with Gasteiger partial charge in [-0.3, -0.25) is 0 Å². The summed E-state index contributed by atoms with van der Waals surface area (Å²) in [5, 5.41) is 8.22. The average molecular weight is 420 g/mol. The predicted octanol–water partition coefficient (Wildman–Crippen LogP) is 3.26. The van der Waals surface area contributed by atoms with Gasteiger partial charge < -0.3 is 25.4 Å². The molecule has 1 aliphatic rings. The molecule has 0 aromatic heterocycles. The highest BCUT2D eigenvalue weighted by Gasteiger charge is 2.29. The molecule has 2 rings (SSSR count). The molecule has 1 aliphatic carbocycles. The van der Waals surface area contributed by atoms with Gasteiger partial charge in [-0.25, -0.2) is 14.4 Å². The first-order valence-electron chi connectivity index (χ1n) is 10.5. The van der Waals surface area contributed by atoms with Crippen LogP contribution in [0, 0.1) is 0 Å². The van der Waals surface area contributed by atoms with E-state index in [9.17, 15) is 14.4 Å². The van der Waals surface area contributed by atoms with Gasteiger partial charge in [0, 0.05) is 12.6 Å². The van der Waals surface area contributed by atoms with Crippen molar-refractivity contribution in [3.8, 4) is 0 Å². The van der Waals surface area contributed by atoms with Crippen LogP contribution in [0.25, 0.3) is 0 Å². The summed E-state index contributed by atoms with van der Waals surface area (Å²) in [6.07, 6.45) is 3.16. The van der Waals surface area contributed by atoms with Gasteiger partial charge in [-0.05, 0) is 58.4 Å². The largest absolute Gasteiger partial charge is 0.458 e. The molecule has 30 heavy (non-hydrogen) atoms. The van der Waals surface area contributed by atoms with Gasteiger partial charge in [-0.15, -0.1) is 0 Å². The highest BCUT2D eigenvalue weighted by atomic mass is 16.6. The van der Waals surface area contributed by atoms with Crippen LogP contribution >= 0.6 is 0 Å². The van der Waals surface area contributed by atoms with Crippen LogP contribution in [-0.4, -0.2) is 42.3 Å². The van der Waals surface area contributed by atoms with Crippen LogP contribution in [0.3, 0.4) is 0 Å². The second-order valence-corrected chi connectivity index (χ2v) is 8.46. The van der Waals surface area contributed by atoms with Crippen molar-refractivity contribution in [3.05, 3.63) is 35.9 Å². The smallest absolute Gasteiger partial charge is 0.407 e. The van der Waals surface area contributed by atoms with Crippen LogP contribution in [0.2, 0.25) is 0 Å². The Kier molecular flexibility index (Phi) is 8.95. The van der Waals surface area contributed by atoms with Crippen molar-refractivity contribution in [2.45, 2.75) is 77.2 Å². The number of alkyl carbamates (subject to hydrolysis) is 1. The molecule has 0 saturated heterocycles. The third-order valence-corrected chi connectivity index (χ3v) is 4.31. The number of hydrogen-bond acceptors (Lipinski definition) is 5. The zero-order valence-electron chi connectivity index (χ0n) is 18.0. The Hall–Kier alpha value is -2.77. The van der Waals surface area contributed by atoms with Crippen molar-refractivity contribution in [1.29, 1.82) is 0 Å². The van der Waals surface area contributed by atoms with E-state index >= 15 is 0 Å². The van der Waals surface area contributed by atoms with Gasteiger partial charge in [-0.2, -0.15) is 0 Å². The fourth-order valence-corrected chi connectivity index (χ4v) is 2.67. The van der Waals surface area contributed by atoms with Crippen LogP contribution in [0.5, 0.6) is 0 Å². The summed E-state index contributed by atoms with van der Waals surface area (Å²) < 4.78 is 10.6. The molecule has 1 saturated carbocycles. The Morgan fingerprint density at radius 1 is 1.10 bits per heavy atom. The van der Waals surface area contributed by atoms with E-state index in [1.54, 1.807) is 20.8 Å². The standard InChI is InChI=1S/C22H33N3O5/c1-22(2,3)30-19(26)18(25-20(27)24-17-12-13-17)11-7-8-14-23-21(28)29-15-16-9-5-4-6-10-16/h4-6,9-10,17-18H,7-8,11-15H2,1-3H3,(H,23,28)(H2,24,25,27)/t18-/m0/s1. The fourth-order valence-electron chi connectivity index (χ4n) is 2.67. The lowest BCUT2D eigenvalue weighted by atomic mass is 10.1. The number of ether oxygens (including phenoxy) is 2. The van der Waals surface area contributed by atoms with Gasteiger partial charge in [-0.1, -0.05) is 30.3 Å². The van der Waals surface area contributed by atoms with Crippen molar-refractivity contribution in [2.75, 3.05) is 6.54 Å². The molecule has 1 fully saturated rings. The average Bonchev–Trinajstić information content (AvgIpc) is 3.48. The van der Waals surface area contributed by atoms with Gasteiger partial charge in [0.05, 0.1) is 0 Å². The number of carbonyl (C=O) groups excluding carboxylic acids is 3. The number of esters is 1. The number of unbranched alkanes of at least 4 members (excludes halogenated alkanes) is 1. The molecule has 0 heterocycles. The van der Waals surface area contributed by atoms with E-state index in [-0.39, 0.29) is 18.7 Å². The molecule has 1 aromatic carbocycles. The summed E-state index contributed by atoms with van der Waals surface area (Å²) in [5.74, 6) is -0.455.